The fourth-order valence-electron chi connectivity index (χ4n) is 3.16. The van der Waals surface area contributed by atoms with Crippen molar-refractivity contribution in [2.45, 2.75) is 19.3 Å². The Morgan fingerprint density at radius 3 is 2.92 bits per heavy atom. The zero-order valence-corrected chi connectivity index (χ0v) is 14.9. The maximum Gasteiger partial charge on any atom is 0.307 e. The molecule has 0 aliphatic carbocycles. The summed E-state index contributed by atoms with van der Waals surface area (Å²) in [5.74, 6) is -1.17. The Morgan fingerprint density at radius 2 is 2.19 bits per heavy atom. The van der Waals surface area contributed by atoms with Crippen LogP contribution in [0, 0.1) is 5.92 Å². The Hall–Kier alpha value is -2.60. The van der Waals surface area contributed by atoms with Gasteiger partial charge in [0.25, 0.3) is 0 Å². The fraction of sp³-hybridized carbons (Fsp3) is 0.316. The van der Waals surface area contributed by atoms with E-state index in [1.54, 1.807) is 30.6 Å². The number of hydrogen-bond acceptors (Lipinski definition) is 4. The standard InChI is InChI=1S/C19H20ClN3O3/c20-17-6-5-15(9-14(17)10-18(24)25)22-19(26)13-3-2-8-23(12-13)16-4-1-7-21-11-16/h1,4-7,9,11,13H,2-3,8,10,12H2,(H,22,26)(H,24,25)/t13-/m1/s1. The SMILES string of the molecule is O=C(O)Cc1cc(NC(=O)[C@@H]2CCCN(c3cccnc3)C2)ccc1Cl. The van der Waals surface area contributed by atoms with E-state index in [9.17, 15) is 9.59 Å². The molecule has 6 nitrogen and oxygen atoms in total. The molecule has 1 atom stereocenters. The lowest BCUT2D eigenvalue weighted by Gasteiger charge is -2.33. The number of carbonyl (C=O) groups is 2. The minimum atomic E-state index is -0.963. The van der Waals surface area contributed by atoms with Crippen LogP contribution in [0.25, 0.3) is 0 Å². The summed E-state index contributed by atoms with van der Waals surface area (Å²) in [5, 5.41) is 12.2. The van der Waals surface area contributed by atoms with Crippen molar-refractivity contribution in [3.8, 4) is 0 Å². The number of halogens is 1. The molecule has 0 spiro atoms. The van der Waals surface area contributed by atoms with Crippen molar-refractivity contribution in [1.82, 2.24) is 4.98 Å². The molecule has 0 bridgehead atoms. The number of rotatable bonds is 5. The van der Waals surface area contributed by atoms with Gasteiger partial charge < -0.3 is 15.3 Å². The monoisotopic (exact) mass is 373 g/mol. The first kappa shape index (κ1) is 18.2. The van der Waals surface area contributed by atoms with Crippen molar-refractivity contribution in [3.63, 3.8) is 0 Å². The highest BCUT2D eigenvalue weighted by Gasteiger charge is 2.26. The van der Waals surface area contributed by atoms with E-state index >= 15 is 0 Å². The summed E-state index contributed by atoms with van der Waals surface area (Å²) in [6, 6.07) is 8.79. The molecule has 0 radical (unpaired) electrons. The summed E-state index contributed by atoms with van der Waals surface area (Å²) in [5.41, 5.74) is 2.06. The largest absolute Gasteiger partial charge is 0.481 e. The van der Waals surface area contributed by atoms with Gasteiger partial charge in [0.05, 0.1) is 24.2 Å². The Kier molecular flexibility index (Phi) is 5.73. The predicted octanol–water partition coefficient (Wildman–Crippen LogP) is 3.22. The van der Waals surface area contributed by atoms with Gasteiger partial charge in [-0.3, -0.25) is 14.6 Å². The van der Waals surface area contributed by atoms with E-state index in [1.807, 2.05) is 12.1 Å². The number of benzene rings is 1. The van der Waals surface area contributed by atoms with Crippen molar-refractivity contribution >= 4 is 34.9 Å². The molecule has 1 aliphatic rings. The first-order chi connectivity index (χ1) is 12.5. The van der Waals surface area contributed by atoms with Crippen LogP contribution in [-0.2, 0) is 16.0 Å². The number of carboxylic acids is 1. The van der Waals surface area contributed by atoms with Gasteiger partial charge in [0.2, 0.25) is 5.91 Å². The number of amides is 1. The quantitative estimate of drug-likeness (QED) is 0.840. The van der Waals surface area contributed by atoms with Crippen LogP contribution >= 0.6 is 11.6 Å². The smallest absolute Gasteiger partial charge is 0.307 e. The summed E-state index contributed by atoms with van der Waals surface area (Å²) in [6.45, 7) is 1.53. The molecule has 2 N–H and O–H groups in total. The molecule has 1 aromatic heterocycles. The van der Waals surface area contributed by atoms with E-state index in [1.165, 1.54) is 0 Å². The minimum absolute atomic E-state index is 0.0674. The van der Waals surface area contributed by atoms with Crippen molar-refractivity contribution in [1.29, 1.82) is 0 Å². The number of nitrogens with one attached hydrogen (secondary N) is 1. The van der Waals surface area contributed by atoms with E-state index in [0.717, 1.165) is 25.1 Å². The molecule has 1 saturated heterocycles. The summed E-state index contributed by atoms with van der Waals surface area (Å²) < 4.78 is 0. The fourth-order valence-corrected chi connectivity index (χ4v) is 3.35. The van der Waals surface area contributed by atoms with Gasteiger partial charge in [0.1, 0.15) is 0 Å². The van der Waals surface area contributed by atoms with Crippen LogP contribution < -0.4 is 10.2 Å². The van der Waals surface area contributed by atoms with Gasteiger partial charge in [0, 0.05) is 30.0 Å². The molecule has 1 aromatic carbocycles. The second-order valence-electron chi connectivity index (χ2n) is 6.36. The van der Waals surface area contributed by atoms with Crippen LogP contribution in [0.4, 0.5) is 11.4 Å². The average molecular weight is 374 g/mol. The third kappa shape index (κ3) is 4.52. The van der Waals surface area contributed by atoms with Gasteiger partial charge >= 0.3 is 5.97 Å². The van der Waals surface area contributed by atoms with Crippen molar-refractivity contribution in [2.24, 2.45) is 5.92 Å². The van der Waals surface area contributed by atoms with Crippen LogP contribution in [-0.4, -0.2) is 35.1 Å². The van der Waals surface area contributed by atoms with Crippen LogP contribution in [0.15, 0.2) is 42.7 Å². The number of aliphatic carboxylic acids is 1. The van der Waals surface area contributed by atoms with Crippen molar-refractivity contribution in [2.75, 3.05) is 23.3 Å². The second kappa shape index (κ2) is 8.19. The van der Waals surface area contributed by atoms with E-state index < -0.39 is 5.97 Å². The summed E-state index contributed by atoms with van der Waals surface area (Å²) in [6.07, 6.45) is 5.10. The van der Waals surface area contributed by atoms with Gasteiger partial charge in [-0.15, -0.1) is 0 Å². The maximum absolute atomic E-state index is 12.7. The third-order valence-corrected chi connectivity index (χ3v) is 4.83. The van der Waals surface area contributed by atoms with Gasteiger partial charge in [-0.2, -0.15) is 0 Å². The Balaban J connectivity index is 1.67. The molecule has 1 fully saturated rings. The lowest BCUT2D eigenvalue weighted by atomic mass is 9.96. The number of nitrogens with zero attached hydrogens (tertiary/aromatic N) is 2. The molecule has 3 rings (SSSR count). The number of aromatic nitrogens is 1. The summed E-state index contributed by atoms with van der Waals surface area (Å²) in [7, 11) is 0. The highest BCUT2D eigenvalue weighted by molar-refractivity contribution is 6.31. The average Bonchev–Trinajstić information content (AvgIpc) is 2.65. The number of anilines is 2. The van der Waals surface area contributed by atoms with Crippen LogP contribution in [0.3, 0.4) is 0 Å². The highest BCUT2D eigenvalue weighted by atomic mass is 35.5. The first-order valence-corrected chi connectivity index (χ1v) is 8.87. The lowest BCUT2D eigenvalue weighted by Crippen LogP contribution is -2.40. The molecule has 1 aliphatic heterocycles. The van der Waals surface area contributed by atoms with Gasteiger partial charge in [-0.05, 0) is 48.7 Å². The topological polar surface area (TPSA) is 82.5 Å². The second-order valence-corrected chi connectivity index (χ2v) is 6.77. The van der Waals surface area contributed by atoms with E-state index in [4.69, 9.17) is 16.7 Å². The third-order valence-electron chi connectivity index (χ3n) is 4.46. The normalized spacial score (nSPS) is 17.0. The van der Waals surface area contributed by atoms with Crippen molar-refractivity contribution < 1.29 is 14.7 Å². The van der Waals surface area contributed by atoms with Crippen LogP contribution in [0.5, 0.6) is 0 Å². The number of carbonyl (C=O) groups excluding carboxylic acids is 1. The Bertz CT molecular complexity index is 798. The first-order valence-electron chi connectivity index (χ1n) is 8.49. The number of carboxylic acid groups (broad SMARTS) is 1. The zero-order chi connectivity index (χ0) is 18.5. The molecule has 136 valence electrons. The highest BCUT2D eigenvalue weighted by Crippen LogP contribution is 2.25. The molecular weight excluding hydrogens is 354 g/mol. The van der Waals surface area contributed by atoms with Crippen LogP contribution in [0.2, 0.25) is 5.02 Å². The van der Waals surface area contributed by atoms with E-state index in [2.05, 4.69) is 15.2 Å². The number of pyridine rings is 1. The predicted molar refractivity (Wildman–Crippen MR) is 101 cm³/mol. The van der Waals surface area contributed by atoms with Crippen LogP contribution in [0.1, 0.15) is 18.4 Å². The van der Waals surface area contributed by atoms with E-state index in [-0.39, 0.29) is 18.2 Å². The molecule has 1 amide bonds. The summed E-state index contributed by atoms with van der Waals surface area (Å²) >= 11 is 6.02. The zero-order valence-electron chi connectivity index (χ0n) is 14.2. The Labute approximate surface area is 156 Å². The number of piperidine rings is 1. The minimum Gasteiger partial charge on any atom is -0.481 e. The lowest BCUT2D eigenvalue weighted by molar-refractivity contribution is -0.136. The molecule has 26 heavy (non-hydrogen) atoms. The van der Waals surface area contributed by atoms with Gasteiger partial charge in [0.15, 0.2) is 0 Å². The molecule has 2 heterocycles. The van der Waals surface area contributed by atoms with Crippen molar-refractivity contribution in [3.05, 3.63) is 53.3 Å². The van der Waals surface area contributed by atoms with Gasteiger partial charge in [-0.1, -0.05) is 11.6 Å². The number of hydrogen-bond donors (Lipinski definition) is 2. The molecule has 2 aromatic rings. The van der Waals surface area contributed by atoms with Gasteiger partial charge in [-0.25, -0.2) is 0 Å². The molecule has 0 saturated carbocycles. The maximum atomic E-state index is 12.7. The Morgan fingerprint density at radius 1 is 1.35 bits per heavy atom. The van der Waals surface area contributed by atoms with E-state index in [0.29, 0.717) is 22.8 Å². The summed E-state index contributed by atoms with van der Waals surface area (Å²) in [4.78, 5) is 29.9. The molecular formula is C19H20ClN3O3. The molecule has 0 unspecified atom stereocenters. The molecule has 7 heteroatoms.